The van der Waals surface area contributed by atoms with Gasteiger partial charge in [0.1, 0.15) is 0 Å². The molecule has 1 saturated carbocycles. The first kappa shape index (κ1) is 10.7. The summed E-state index contributed by atoms with van der Waals surface area (Å²) >= 11 is 0. The highest BCUT2D eigenvalue weighted by atomic mass is 15.1. The number of hydrogen-bond acceptors (Lipinski definition) is 2. The minimum absolute atomic E-state index is 0.0127. The van der Waals surface area contributed by atoms with Gasteiger partial charge in [0.15, 0.2) is 0 Å². The molecular weight excluding hydrogens is 184 g/mol. The highest BCUT2D eigenvalue weighted by Crippen LogP contribution is 2.45. The summed E-state index contributed by atoms with van der Waals surface area (Å²) in [5.74, 6) is 0. The summed E-state index contributed by atoms with van der Waals surface area (Å²) in [6.45, 7) is 2.11. The highest BCUT2D eigenvalue weighted by Gasteiger charge is 2.47. The molecule has 0 radical (unpaired) electrons. The third-order valence-electron chi connectivity index (χ3n) is 3.28. The van der Waals surface area contributed by atoms with Gasteiger partial charge in [0.2, 0.25) is 0 Å². The summed E-state index contributed by atoms with van der Waals surface area (Å²) < 4.78 is 0. The largest absolute Gasteiger partial charge is 0.323 e. The topological polar surface area (TPSA) is 29.3 Å². The molecule has 2 heteroatoms. The fourth-order valence-electron chi connectivity index (χ4n) is 2.31. The van der Waals surface area contributed by atoms with E-state index >= 15 is 0 Å². The summed E-state index contributed by atoms with van der Waals surface area (Å²) in [6.07, 6.45) is 2.29. The van der Waals surface area contributed by atoms with Crippen molar-refractivity contribution >= 4 is 0 Å². The van der Waals surface area contributed by atoms with Crippen molar-refractivity contribution < 1.29 is 0 Å². The predicted molar refractivity (Wildman–Crippen MR) is 63.8 cm³/mol. The summed E-state index contributed by atoms with van der Waals surface area (Å²) in [4.78, 5) is 2.23. The quantitative estimate of drug-likeness (QED) is 0.817. The lowest BCUT2D eigenvalue weighted by atomic mass is 9.96. The van der Waals surface area contributed by atoms with Gasteiger partial charge in [-0.3, -0.25) is 0 Å². The minimum atomic E-state index is 0.0127. The fourth-order valence-corrected chi connectivity index (χ4v) is 2.31. The molecule has 1 atom stereocenters. The summed E-state index contributed by atoms with van der Waals surface area (Å²) in [6, 6.07) is 9.09. The predicted octanol–water partition coefficient (Wildman–Crippen LogP) is 2.09. The molecule has 2 N–H and O–H groups in total. The van der Waals surface area contributed by atoms with E-state index in [-0.39, 0.29) is 5.54 Å². The van der Waals surface area contributed by atoms with Crippen LogP contribution in [-0.2, 0) is 0 Å². The third-order valence-corrected chi connectivity index (χ3v) is 3.28. The maximum absolute atomic E-state index is 6.32. The Labute approximate surface area is 92.1 Å². The molecule has 2 nitrogen and oxygen atoms in total. The molecule has 1 unspecified atom stereocenters. The van der Waals surface area contributed by atoms with Gasteiger partial charge in [-0.15, -0.1) is 0 Å². The molecule has 1 aliphatic carbocycles. The van der Waals surface area contributed by atoms with Gasteiger partial charge in [0.05, 0.1) is 6.04 Å². The highest BCUT2D eigenvalue weighted by molar-refractivity contribution is 5.29. The Morgan fingerprint density at radius 2 is 1.73 bits per heavy atom. The van der Waals surface area contributed by atoms with Crippen LogP contribution in [0.5, 0.6) is 0 Å². The van der Waals surface area contributed by atoms with Crippen LogP contribution in [0.15, 0.2) is 24.3 Å². The molecule has 0 heterocycles. The van der Waals surface area contributed by atoms with Crippen molar-refractivity contribution in [2.24, 2.45) is 5.73 Å². The Bertz CT molecular complexity index is 336. The molecule has 1 aromatic carbocycles. The zero-order valence-electron chi connectivity index (χ0n) is 9.83. The average molecular weight is 204 g/mol. The van der Waals surface area contributed by atoms with Gasteiger partial charge >= 0.3 is 0 Å². The molecule has 15 heavy (non-hydrogen) atoms. The second kappa shape index (κ2) is 3.62. The molecule has 82 valence electrons. The van der Waals surface area contributed by atoms with Crippen LogP contribution in [0.25, 0.3) is 0 Å². The molecule has 0 aliphatic heterocycles. The Morgan fingerprint density at radius 1 is 1.20 bits per heavy atom. The van der Waals surface area contributed by atoms with Gasteiger partial charge in [0, 0.05) is 5.54 Å². The summed E-state index contributed by atoms with van der Waals surface area (Å²) in [5, 5.41) is 0. The Morgan fingerprint density at radius 3 is 2.13 bits per heavy atom. The van der Waals surface area contributed by atoms with E-state index in [9.17, 15) is 0 Å². The van der Waals surface area contributed by atoms with Crippen LogP contribution in [0.1, 0.15) is 30.0 Å². The summed E-state index contributed by atoms with van der Waals surface area (Å²) in [5.41, 5.74) is 8.98. The number of rotatable bonds is 3. The number of benzene rings is 1. The fraction of sp³-hybridized carbons (Fsp3) is 0.538. The smallest absolute Gasteiger partial charge is 0.0523 e. The normalized spacial score (nSPS) is 20.3. The lowest BCUT2D eigenvalue weighted by molar-refractivity contribution is 0.246. The van der Waals surface area contributed by atoms with E-state index in [0.29, 0.717) is 6.04 Å². The van der Waals surface area contributed by atoms with E-state index in [2.05, 4.69) is 50.2 Å². The van der Waals surface area contributed by atoms with Crippen molar-refractivity contribution in [1.82, 2.24) is 4.90 Å². The first-order valence-corrected chi connectivity index (χ1v) is 5.55. The second-order valence-corrected chi connectivity index (χ2v) is 5.01. The van der Waals surface area contributed by atoms with Crippen molar-refractivity contribution in [3.05, 3.63) is 35.4 Å². The molecular formula is C13H20N2. The van der Waals surface area contributed by atoms with Gasteiger partial charge in [-0.05, 0) is 39.4 Å². The lowest BCUT2D eigenvalue weighted by Gasteiger charge is -2.30. The average Bonchev–Trinajstić information content (AvgIpc) is 2.88. The van der Waals surface area contributed by atoms with Crippen LogP contribution in [0.4, 0.5) is 0 Å². The number of hydrogen-bond donors (Lipinski definition) is 1. The summed E-state index contributed by atoms with van der Waals surface area (Å²) in [7, 11) is 4.22. The van der Waals surface area contributed by atoms with Crippen molar-refractivity contribution in [3.63, 3.8) is 0 Å². The zero-order chi connectivity index (χ0) is 11.1. The minimum Gasteiger partial charge on any atom is -0.323 e. The first-order chi connectivity index (χ1) is 7.03. The lowest BCUT2D eigenvalue weighted by Crippen LogP contribution is -2.39. The maximum Gasteiger partial charge on any atom is 0.0523 e. The third kappa shape index (κ3) is 2.06. The standard InChI is InChI=1S/C13H20N2/c1-10-4-6-11(7-5-10)12(15(2)3)13(14)8-9-13/h4-7,12H,8-9,14H2,1-3H3. The molecule has 0 spiro atoms. The van der Waals surface area contributed by atoms with E-state index in [1.54, 1.807) is 0 Å². The molecule has 1 aromatic rings. The van der Waals surface area contributed by atoms with Gasteiger partial charge in [0.25, 0.3) is 0 Å². The van der Waals surface area contributed by atoms with Gasteiger partial charge in [-0.2, -0.15) is 0 Å². The Balaban J connectivity index is 2.29. The van der Waals surface area contributed by atoms with Crippen molar-refractivity contribution in [2.45, 2.75) is 31.3 Å². The zero-order valence-corrected chi connectivity index (χ0v) is 9.83. The molecule has 0 saturated heterocycles. The number of nitrogens with zero attached hydrogens (tertiary/aromatic N) is 1. The SMILES string of the molecule is Cc1ccc(C(N(C)C)C2(N)CC2)cc1. The van der Waals surface area contributed by atoms with Crippen molar-refractivity contribution in [1.29, 1.82) is 0 Å². The van der Waals surface area contributed by atoms with E-state index in [1.165, 1.54) is 11.1 Å². The molecule has 0 aromatic heterocycles. The molecule has 2 rings (SSSR count). The number of aryl methyl sites for hydroxylation is 1. The van der Waals surface area contributed by atoms with Crippen LogP contribution in [0.3, 0.4) is 0 Å². The van der Waals surface area contributed by atoms with E-state index in [4.69, 9.17) is 5.73 Å². The first-order valence-electron chi connectivity index (χ1n) is 5.55. The molecule has 1 aliphatic rings. The monoisotopic (exact) mass is 204 g/mol. The molecule has 0 amide bonds. The van der Waals surface area contributed by atoms with Crippen LogP contribution >= 0.6 is 0 Å². The van der Waals surface area contributed by atoms with Crippen molar-refractivity contribution in [2.75, 3.05) is 14.1 Å². The second-order valence-electron chi connectivity index (χ2n) is 5.01. The Kier molecular flexibility index (Phi) is 2.57. The van der Waals surface area contributed by atoms with Crippen LogP contribution in [-0.4, -0.2) is 24.5 Å². The number of nitrogens with two attached hydrogens (primary N) is 1. The van der Waals surface area contributed by atoms with Gasteiger partial charge in [-0.25, -0.2) is 0 Å². The van der Waals surface area contributed by atoms with Gasteiger partial charge in [-0.1, -0.05) is 29.8 Å². The van der Waals surface area contributed by atoms with Crippen LogP contribution in [0, 0.1) is 6.92 Å². The van der Waals surface area contributed by atoms with Gasteiger partial charge < -0.3 is 10.6 Å². The van der Waals surface area contributed by atoms with Crippen molar-refractivity contribution in [3.8, 4) is 0 Å². The van der Waals surface area contributed by atoms with Crippen LogP contribution < -0.4 is 5.73 Å². The van der Waals surface area contributed by atoms with Crippen LogP contribution in [0.2, 0.25) is 0 Å². The van der Waals surface area contributed by atoms with E-state index < -0.39 is 0 Å². The maximum atomic E-state index is 6.32. The molecule has 1 fully saturated rings. The Hall–Kier alpha value is -0.860. The number of likely N-dealkylation sites (N-methyl/N-ethyl adjacent to an activating group) is 1. The van der Waals surface area contributed by atoms with E-state index in [1.807, 2.05) is 0 Å². The molecule has 0 bridgehead atoms. The van der Waals surface area contributed by atoms with E-state index in [0.717, 1.165) is 12.8 Å².